The molecular formula is C13H19N5O. The van der Waals surface area contributed by atoms with Crippen molar-refractivity contribution in [3.8, 4) is 0 Å². The van der Waals surface area contributed by atoms with Crippen LogP contribution in [0.3, 0.4) is 0 Å². The molecule has 0 bridgehead atoms. The van der Waals surface area contributed by atoms with Crippen molar-refractivity contribution in [1.82, 2.24) is 19.7 Å². The fraction of sp³-hybridized carbons (Fsp3) is 0.385. The lowest BCUT2D eigenvalue weighted by Gasteiger charge is -2.07. The Kier molecular flexibility index (Phi) is 3.89. The number of nitrogens with one attached hydrogen (secondary N) is 1. The van der Waals surface area contributed by atoms with E-state index in [0.29, 0.717) is 17.9 Å². The number of hydrogen-bond donors (Lipinski definition) is 2. The highest BCUT2D eigenvalue weighted by atomic mass is 16.1. The van der Waals surface area contributed by atoms with E-state index < -0.39 is 0 Å². The first-order valence-corrected chi connectivity index (χ1v) is 6.31. The van der Waals surface area contributed by atoms with Crippen molar-refractivity contribution in [3.05, 3.63) is 35.9 Å². The van der Waals surface area contributed by atoms with Gasteiger partial charge in [0.2, 0.25) is 0 Å². The molecule has 0 atom stereocenters. The van der Waals surface area contributed by atoms with Crippen molar-refractivity contribution >= 4 is 11.6 Å². The summed E-state index contributed by atoms with van der Waals surface area (Å²) < 4.78 is 3.59. The molecule has 0 spiro atoms. The van der Waals surface area contributed by atoms with Crippen molar-refractivity contribution in [3.63, 3.8) is 0 Å². The third-order valence-corrected chi connectivity index (χ3v) is 2.83. The van der Waals surface area contributed by atoms with Crippen LogP contribution in [0.5, 0.6) is 0 Å². The van der Waals surface area contributed by atoms with Crippen LogP contribution in [0.4, 0.5) is 5.69 Å². The Morgan fingerprint density at radius 2 is 2.26 bits per heavy atom. The van der Waals surface area contributed by atoms with Gasteiger partial charge in [0.25, 0.3) is 5.91 Å². The zero-order valence-electron chi connectivity index (χ0n) is 11.3. The minimum absolute atomic E-state index is 0.117. The molecule has 2 rings (SSSR count). The summed E-state index contributed by atoms with van der Waals surface area (Å²) in [6.07, 6.45) is 6.36. The number of nitrogen functional groups attached to an aromatic ring is 1. The van der Waals surface area contributed by atoms with Crippen molar-refractivity contribution in [2.45, 2.75) is 26.4 Å². The molecule has 2 heterocycles. The van der Waals surface area contributed by atoms with E-state index in [9.17, 15) is 4.79 Å². The van der Waals surface area contributed by atoms with Crippen LogP contribution in [-0.2, 0) is 20.1 Å². The first kappa shape index (κ1) is 13.2. The molecule has 2 aromatic rings. The summed E-state index contributed by atoms with van der Waals surface area (Å²) in [5, 5.41) is 6.93. The number of carbonyl (C=O) groups is 1. The van der Waals surface area contributed by atoms with E-state index in [2.05, 4.69) is 17.3 Å². The van der Waals surface area contributed by atoms with Gasteiger partial charge >= 0.3 is 0 Å². The quantitative estimate of drug-likeness (QED) is 0.847. The summed E-state index contributed by atoms with van der Waals surface area (Å²) in [4.78, 5) is 12.1. The number of nitrogens with zero attached hydrogens (tertiary/aromatic N) is 3. The van der Waals surface area contributed by atoms with Crippen molar-refractivity contribution < 1.29 is 4.79 Å². The van der Waals surface area contributed by atoms with E-state index in [1.54, 1.807) is 23.1 Å². The molecular weight excluding hydrogens is 242 g/mol. The van der Waals surface area contributed by atoms with E-state index in [1.807, 2.05) is 17.8 Å². The fourth-order valence-electron chi connectivity index (χ4n) is 1.99. The Morgan fingerprint density at radius 1 is 1.47 bits per heavy atom. The smallest absolute Gasteiger partial charge is 0.268 e. The van der Waals surface area contributed by atoms with Crippen molar-refractivity contribution in [1.29, 1.82) is 0 Å². The number of hydrogen-bond acceptors (Lipinski definition) is 3. The van der Waals surface area contributed by atoms with Gasteiger partial charge in [-0.2, -0.15) is 5.10 Å². The molecule has 0 aliphatic heterocycles. The molecule has 0 unspecified atom stereocenters. The second-order valence-corrected chi connectivity index (χ2v) is 4.56. The number of anilines is 1. The third-order valence-electron chi connectivity index (χ3n) is 2.83. The molecule has 0 radical (unpaired) electrons. The topological polar surface area (TPSA) is 77.9 Å². The monoisotopic (exact) mass is 261 g/mol. The van der Waals surface area contributed by atoms with Gasteiger partial charge in [-0.05, 0) is 12.5 Å². The van der Waals surface area contributed by atoms with Crippen LogP contribution in [0.15, 0.2) is 24.7 Å². The summed E-state index contributed by atoms with van der Waals surface area (Å²) in [6.45, 7) is 3.31. The maximum Gasteiger partial charge on any atom is 0.268 e. The van der Waals surface area contributed by atoms with Crippen LogP contribution in [0.1, 0.15) is 29.4 Å². The average molecular weight is 261 g/mol. The predicted octanol–water partition coefficient (Wildman–Crippen LogP) is 1.14. The average Bonchev–Trinajstić information content (AvgIpc) is 2.93. The van der Waals surface area contributed by atoms with Gasteiger partial charge in [-0.15, -0.1) is 0 Å². The van der Waals surface area contributed by atoms with Crippen molar-refractivity contribution in [2.24, 2.45) is 7.05 Å². The van der Waals surface area contributed by atoms with Gasteiger partial charge < -0.3 is 15.6 Å². The van der Waals surface area contributed by atoms with Gasteiger partial charge in [0, 0.05) is 38.1 Å². The molecule has 0 aliphatic rings. The number of carbonyl (C=O) groups excluding carboxylic acids is 1. The summed E-state index contributed by atoms with van der Waals surface area (Å²) in [5.41, 5.74) is 7.93. The van der Waals surface area contributed by atoms with Crippen LogP contribution >= 0.6 is 0 Å². The van der Waals surface area contributed by atoms with Crippen LogP contribution < -0.4 is 11.1 Å². The first-order valence-electron chi connectivity index (χ1n) is 6.31. The van der Waals surface area contributed by atoms with E-state index in [1.165, 1.54) is 0 Å². The Balaban J connectivity index is 2.03. The number of aromatic nitrogens is 3. The van der Waals surface area contributed by atoms with E-state index in [-0.39, 0.29) is 5.91 Å². The molecule has 0 saturated heterocycles. The van der Waals surface area contributed by atoms with Gasteiger partial charge in [-0.3, -0.25) is 9.48 Å². The highest BCUT2D eigenvalue weighted by molar-refractivity contribution is 5.93. The largest absolute Gasteiger partial charge is 0.397 e. The molecule has 0 fully saturated rings. The van der Waals surface area contributed by atoms with Gasteiger partial charge in [0.1, 0.15) is 5.69 Å². The normalized spacial score (nSPS) is 10.6. The van der Waals surface area contributed by atoms with Crippen LogP contribution in [0.2, 0.25) is 0 Å². The molecule has 2 aromatic heterocycles. The maximum absolute atomic E-state index is 12.1. The zero-order valence-corrected chi connectivity index (χ0v) is 11.3. The molecule has 0 aliphatic carbocycles. The number of aryl methyl sites for hydroxylation is 2. The van der Waals surface area contributed by atoms with Gasteiger partial charge in [0.15, 0.2) is 0 Å². The van der Waals surface area contributed by atoms with Crippen molar-refractivity contribution in [2.75, 3.05) is 5.73 Å². The Labute approximate surface area is 112 Å². The Bertz CT molecular complexity index is 569. The molecule has 19 heavy (non-hydrogen) atoms. The molecule has 3 N–H and O–H groups in total. The summed E-state index contributed by atoms with van der Waals surface area (Å²) in [5.74, 6) is -0.117. The minimum atomic E-state index is -0.117. The van der Waals surface area contributed by atoms with E-state index in [0.717, 1.165) is 18.5 Å². The third kappa shape index (κ3) is 3.15. The predicted molar refractivity (Wildman–Crippen MR) is 73.5 cm³/mol. The summed E-state index contributed by atoms with van der Waals surface area (Å²) in [7, 11) is 1.85. The van der Waals surface area contributed by atoms with Gasteiger partial charge in [-0.25, -0.2) is 0 Å². The molecule has 6 nitrogen and oxygen atoms in total. The molecule has 1 amide bonds. The fourth-order valence-corrected chi connectivity index (χ4v) is 1.99. The lowest BCUT2D eigenvalue weighted by Crippen LogP contribution is -2.25. The lowest BCUT2D eigenvalue weighted by atomic mass is 10.3. The highest BCUT2D eigenvalue weighted by Gasteiger charge is 2.12. The summed E-state index contributed by atoms with van der Waals surface area (Å²) in [6, 6.07) is 1.70. The van der Waals surface area contributed by atoms with Gasteiger partial charge in [-0.1, -0.05) is 6.92 Å². The number of amides is 1. The molecule has 102 valence electrons. The lowest BCUT2D eigenvalue weighted by molar-refractivity contribution is 0.0941. The van der Waals surface area contributed by atoms with Crippen LogP contribution in [-0.4, -0.2) is 20.3 Å². The standard InChI is InChI=1S/C13H19N5O/c1-3-4-18-9-11(14)5-12(18)13(19)15-6-10-7-16-17(2)8-10/h5,7-9H,3-4,6,14H2,1-2H3,(H,15,19). The van der Waals surface area contributed by atoms with E-state index in [4.69, 9.17) is 5.73 Å². The zero-order chi connectivity index (χ0) is 13.8. The molecule has 0 saturated carbocycles. The SMILES string of the molecule is CCCn1cc(N)cc1C(=O)NCc1cnn(C)c1. The Hall–Kier alpha value is -2.24. The Morgan fingerprint density at radius 3 is 2.89 bits per heavy atom. The second kappa shape index (κ2) is 5.60. The second-order valence-electron chi connectivity index (χ2n) is 4.56. The first-order chi connectivity index (χ1) is 9.10. The minimum Gasteiger partial charge on any atom is -0.397 e. The number of rotatable bonds is 5. The maximum atomic E-state index is 12.1. The van der Waals surface area contributed by atoms with Gasteiger partial charge in [0.05, 0.1) is 11.9 Å². The highest BCUT2D eigenvalue weighted by Crippen LogP contribution is 2.11. The van der Waals surface area contributed by atoms with E-state index >= 15 is 0 Å². The molecule has 6 heteroatoms. The summed E-state index contributed by atoms with van der Waals surface area (Å²) >= 11 is 0. The van der Waals surface area contributed by atoms with Crippen LogP contribution in [0, 0.1) is 0 Å². The number of nitrogens with two attached hydrogens (primary N) is 1. The molecule has 0 aromatic carbocycles. The van der Waals surface area contributed by atoms with Crippen LogP contribution in [0.25, 0.3) is 0 Å².